The number of hydrogen-bond acceptors (Lipinski definition) is 8. The van der Waals surface area contributed by atoms with Crippen molar-refractivity contribution in [1.82, 2.24) is 9.99 Å². The lowest BCUT2D eigenvalue weighted by atomic mass is 9.79. The summed E-state index contributed by atoms with van der Waals surface area (Å²) < 4.78 is 16.7. The minimum absolute atomic E-state index is 0.0413. The summed E-state index contributed by atoms with van der Waals surface area (Å²) in [6, 6.07) is 9.90. The molecule has 3 aromatic rings. The zero-order chi connectivity index (χ0) is 23.7. The molecule has 3 aromatic heterocycles. The van der Waals surface area contributed by atoms with Crippen LogP contribution < -0.4 is 4.74 Å². The molecule has 0 saturated heterocycles. The highest BCUT2D eigenvalue weighted by atomic mass is 16.6. The number of pyridine rings is 1. The SMILES string of the molecule is Cc1ccc(OCC(=O)N2N=C3/C(=C\c4ccco4)CCCC3C2c2ccco2)c([N+](=O)[O-])n1. The van der Waals surface area contributed by atoms with Crippen LogP contribution in [0.4, 0.5) is 5.82 Å². The number of ether oxygens (including phenoxy) is 1. The first-order valence-corrected chi connectivity index (χ1v) is 10.9. The third kappa shape index (κ3) is 4.09. The van der Waals surface area contributed by atoms with Crippen molar-refractivity contribution in [2.45, 2.75) is 32.2 Å². The molecule has 1 aliphatic carbocycles. The molecule has 1 amide bonds. The number of nitro groups is 1. The van der Waals surface area contributed by atoms with Gasteiger partial charge in [0.2, 0.25) is 5.75 Å². The smallest absolute Gasteiger partial charge is 0.406 e. The van der Waals surface area contributed by atoms with Crippen molar-refractivity contribution < 1.29 is 23.3 Å². The highest BCUT2D eigenvalue weighted by Crippen LogP contribution is 2.44. The number of fused-ring (bicyclic) bond motifs is 1. The lowest BCUT2D eigenvalue weighted by Gasteiger charge is -2.27. The number of rotatable bonds is 6. The number of aromatic nitrogens is 1. The molecule has 0 spiro atoms. The van der Waals surface area contributed by atoms with E-state index in [1.165, 1.54) is 11.1 Å². The Bertz CT molecular complexity index is 1260. The number of carbonyl (C=O) groups is 1. The first-order valence-electron chi connectivity index (χ1n) is 10.9. The van der Waals surface area contributed by atoms with E-state index in [9.17, 15) is 14.9 Å². The third-order valence-corrected chi connectivity index (χ3v) is 5.95. The van der Waals surface area contributed by atoms with E-state index < -0.39 is 29.3 Å². The molecule has 1 aliphatic heterocycles. The Kier molecular flexibility index (Phi) is 5.70. The molecular formula is C24H22N4O6. The van der Waals surface area contributed by atoms with Crippen molar-refractivity contribution in [3.8, 4) is 5.75 Å². The Balaban J connectivity index is 1.43. The monoisotopic (exact) mass is 462 g/mol. The number of amides is 1. The van der Waals surface area contributed by atoms with Gasteiger partial charge in [-0.25, -0.2) is 5.01 Å². The van der Waals surface area contributed by atoms with Crippen LogP contribution in [0, 0.1) is 23.0 Å². The average molecular weight is 462 g/mol. The number of hydrogen-bond donors (Lipinski definition) is 0. The van der Waals surface area contributed by atoms with Crippen molar-refractivity contribution >= 4 is 23.5 Å². The summed E-state index contributed by atoms with van der Waals surface area (Å²) in [6.07, 6.45) is 7.74. The summed E-state index contributed by atoms with van der Waals surface area (Å²) in [7, 11) is 0. The maximum atomic E-state index is 13.3. The van der Waals surface area contributed by atoms with Gasteiger partial charge >= 0.3 is 5.82 Å². The van der Waals surface area contributed by atoms with Gasteiger partial charge in [-0.05, 0) is 77.2 Å². The predicted octanol–water partition coefficient (Wildman–Crippen LogP) is 4.69. The van der Waals surface area contributed by atoms with Gasteiger partial charge in [-0.15, -0.1) is 0 Å². The van der Waals surface area contributed by atoms with Crippen molar-refractivity contribution in [3.63, 3.8) is 0 Å². The second-order valence-electron chi connectivity index (χ2n) is 8.19. The molecule has 174 valence electrons. The highest BCUT2D eigenvalue weighted by Gasteiger charge is 2.45. The molecule has 10 heteroatoms. The first kappa shape index (κ1) is 21.6. The van der Waals surface area contributed by atoms with Crippen LogP contribution in [0.3, 0.4) is 0 Å². The van der Waals surface area contributed by atoms with Gasteiger partial charge in [0.15, 0.2) is 6.61 Å². The van der Waals surface area contributed by atoms with Crippen LogP contribution in [0.5, 0.6) is 5.75 Å². The minimum Gasteiger partial charge on any atom is -0.475 e. The average Bonchev–Trinajstić information content (AvgIpc) is 3.58. The fourth-order valence-electron chi connectivity index (χ4n) is 4.47. The Morgan fingerprint density at radius 1 is 1.26 bits per heavy atom. The molecule has 5 rings (SSSR count). The summed E-state index contributed by atoms with van der Waals surface area (Å²) in [5.41, 5.74) is 2.31. The van der Waals surface area contributed by atoms with Crippen LogP contribution in [-0.2, 0) is 4.79 Å². The summed E-state index contributed by atoms with van der Waals surface area (Å²) in [6.45, 7) is 1.22. The summed E-state index contributed by atoms with van der Waals surface area (Å²) in [4.78, 5) is 27.9. The van der Waals surface area contributed by atoms with E-state index >= 15 is 0 Å². The van der Waals surface area contributed by atoms with Crippen LogP contribution in [-0.4, -0.2) is 33.1 Å². The van der Waals surface area contributed by atoms with Crippen LogP contribution in [0.2, 0.25) is 0 Å². The van der Waals surface area contributed by atoms with Gasteiger partial charge in [-0.3, -0.25) is 4.79 Å². The fourth-order valence-corrected chi connectivity index (χ4v) is 4.47. The van der Waals surface area contributed by atoms with Crippen molar-refractivity contribution in [1.29, 1.82) is 0 Å². The van der Waals surface area contributed by atoms with Crippen LogP contribution in [0.25, 0.3) is 6.08 Å². The molecule has 0 N–H and O–H groups in total. The molecular weight excluding hydrogens is 440 g/mol. The lowest BCUT2D eigenvalue weighted by Crippen LogP contribution is -2.34. The van der Waals surface area contributed by atoms with E-state index in [2.05, 4.69) is 4.98 Å². The van der Waals surface area contributed by atoms with E-state index in [-0.39, 0.29) is 11.7 Å². The Hall–Kier alpha value is -4.21. The van der Waals surface area contributed by atoms with Crippen molar-refractivity contribution in [2.24, 2.45) is 11.0 Å². The van der Waals surface area contributed by atoms with Crippen LogP contribution >= 0.6 is 0 Å². The summed E-state index contributed by atoms with van der Waals surface area (Å²) in [5, 5.41) is 17.4. The molecule has 0 radical (unpaired) electrons. The molecule has 4 heterocycles. The highest BCUT2D eigenvalue weighted by molar-refractivity contribution is 6.08. The number of allylic oxidation sites excluding steroid dienone is 1. The summed E-state index contributed by atoms with van der Waals surface area (Å²) in [5.74, 6) is 0.372. The van der Waals surface area contributed by atoms with E-state index in [0.29, 0.717) is 11.5 Å². The maximum Gasteiger partial charge on any atom is 0.406 e. The van der Waals surface area contributed by atoms with Gasteiger partial charge in [0, 0.05) is 12.8 Å². The largest absolute Gasteiger partial charge is 0.475 e. The molecule has 1 saturated carbocycles. The second kappa shape index (κ2) is 8.97. The number of hydrazone groups is 1. The molecule has 0 bridgehead atoms. The number of carbonyl (C=O) groups excluding carboxylic acids is 1. The van der Waals surface area contributed by atoms with E-state index in [1.807, 2.05) is 24.3 Å². The normalized spacial score (nSPS) is 20.8. The number of aryl methyl sites for hydroxylation is 1. The zero-order valence-electron chi connectivity index (χ0n) is 18.4. The number of nitrogens with zero attached hydrogens (tertiary/aromatic N) is 4. The van der Waals surface area contributed by atoms with Gasteiger partial charge in [-0.2, -0.15) is 5.10 Å². The molecule has 10 nitrogen and oxygen atoms in total. The van der Waals surface area contributed by atoms with E-state index in [1.54, 1.807) is 31.6 Å². The van der Waals surface area contributed by atoms with E-state index in [0.717, 1.165) is 36.3 Å². The quantitative estimate of drug-likeness (QED) is 0.384. The Morgan fingerprint density at radius 2 is 2.09 bits per heavy atom. The topological polar surface area (TPSA) is 124 Å². The van der Waals surface area contributed by atoms with Crippen LogP contribution in [0.15, 0.2) is 68.4 Å². The Morgan fingerprint density at radius 3 is 2.82 bits per heavy atom. The lowest BCUT2D eigenvalue weighted by molar-refractivity contribution is -0.390. The number of furan rings is 2. The summed E-state index contributed by atoms with van der Waals surface area (Å²) >= 11 is 0. The Labute approximate surface area is 194 Å². The molecule has 2 atom stereocenters. The predicted molar refractivity (Wildman–Crippen MR) is 121 cm³/mol. The van der Waals surface area contributed by atoms with Gasteiger partial charge in [0.25, 0.3) is 5.91 Å². The van der Waals surface area contributed by atoms with Crippen molar-refractivity contribution in [2.75, 3.05) is 6.61 Å². The molecule has 0 aromatic carbocycles. The molecule has 1 fully saturated rings. The van der Waals surface area contributed by atoms with Gasteiger partial charge in [0.05, 0.1) is 18.2 Å². The van der Waals surface area contributed by atoms with Gasteiger partial charge in [-0.1, -0.05) is 0 Å². The molecule has 2 unspecified atom stereocenters. The van der Waals surface area contributed by atoms with E-state index in [4.69, 9.17) is 18.7 Å². The fraction of sp³-hybridized carbons (Fsp3) is 0.292. The maximum absolute atomic E-state index is 13.3. The first-order chi connectivity index (χ1) is 16.5. The minimum atomic E-state index is -0.630. The third-order valence-electron chi connectivity index (χ3n) is 5.95. The molecule has 2 aliphatic rings. The van der Waals surface area contributed by atoms with Crippen molar-refractivity contribution in [3.05, 3.63) is 81.8 Å². The second-order valence-corrected chi connectivity index (χ2v) is 8.19. The van der Waals surface area contributed by atoms with Gasteiger partial charge in [0.1, 0.15) is 23.3 Å². The standard InChI is InChI=1S/C24H22N4O6/c1-15-9-10-20(24(25-15)28(30)31)34-14-21(29)27-23(19-8-4-12-33-19)18-7-2-5-16(22(18)26-27)13-17-6-3-11-32-17/h3-4,6,8-13,18,23H,2,5,7,14H2,1H3/b16-13-. The molecule has 34 heavy (non-hydrogen) atoms. The van der Waals surface area contributed by atoms with Crippen LogP contribution in [0.1, 0.15) is 42.5 Å². The zero-order valence-corrected chi connectivity index (χ0v) is 18.4. The van der Waals surface area contributed by atoms with Gasteiger partial charge < -0.3 is 23.7 Å².